The van der Waals surface area contributed by atoms with Gasteiger partial charge in [0.1, 0.15) is 0 Å². The molecule has 0 saturated heterocycles. The summed E-state index contributed by atoms with van der Waals surface area (Å²) in [4.78, 5) is 3.47. The van der Waals surface area contributed by atoms with E-state index in [2.05, 4.69) is 73.4 Å². The van der Waals surface area contributed by atoms with Crippen LogP contribution < -0.4 is 5.73 Å². The van der Waals surface area contributed by atoms with E-state index in [-0.39, 0.29) is 11.3 Å². The zero-order valence-electron chi connectivity index (χ0n) is 12.3. The molecule has 0 amide bonds. The fourth-order valence-electron chi connectivity index (χ4n) is 2.48. The summed E-state index contributed by atoms with van der Waals surface area (Å²) in [6.07, 6.45) is 0. The molecule has 3 N–H and O–H groups in total. The van der Waals surface area contributed by atoms with Crippen LogP contribution in [0.5, 0.6) is 0 Å². The van der Waals surface area contributed by atoms with E-state index in [1.54, 1.807) is 11.8 Å². The number of benzene rings is 2. The SMILES string of the molecule is Cc1ccc(C(Sc2cc3ccccc3[nH]2)C(C)N)cc1. The van der Waals surface area contributed by atoms with Crippen LogP contribution in [-0.4, -0.2) is 11.0 Å². The predicted octanol–water partition coefficient (Wildman–Crippen LogP) is 4.66. The summed E-state index contributed by atoms with van der Waals surface area (Å²) in [6, 6.07) is 19.3. The third kappa shape index (κ3) is 3.14. The van der Waals surface area contributed by atoms with E-state index in [4.69, 9.17) is 5.73 Å². The highest BCUT2D eigenvalue weighted by atomic mass is 32.2. The molecule has 0 radical (unpaired) electrons. The summed E-state index contributed by atoms with van der Waals surface area (Å²) < 4.78 is 0. The van der Waals surface area contributed by atoms with Crippen LogP contribution in [0.2, 0.25) is 0 Å². The van der Waals surface area contributed by atoms with E-state index in [1.807, 2.05) is 0 Å². The minimum atomic E-state index is 0.0871. The highest BCUT2D eigenvalue weighted by Gasteiger charge is 2.18. The highest BCUT2D eigenvalue weighted by molar-refractivity contribution is 7.99. The smallest absolute Gasteiger partial charge is 0.0739 e. The van der Waals surface area contributed by atoms with Gasteiger partial charge in [-0.2, -0.15) is 0 Å². The van der Waals surface area contributed by atoms with Gasteiger partial charge in [-0.15, -0.1) is 0 Å². The molecule has 2 unspecified atom stereocenters. The molecule has 2 atom stereocenters. The van der Waals surface area contributed by atoms with E-state index < -0.39 is 0 Å². The Kier molecular flexibility index (Phi) is 4.04. The second-order valence-corrected chi connectivity index (χ2v) is 6.71. The second-order valence-electron chi connectivity index (χ2n) is 5.53. The van der Waals surface area contributed by atoms with Crippen molar-refractivity contribution >= 4 is 22.7 Å². The van der Waals surface area contributed by atoms with Crippen molar-refractivity contribution in [3.8, 4) is 0 Å². The lowest BCUT2D eigenvalue weighted by Crippen LogP contribution is -2.22. The fraction of sp³-hybridized carbons (Fsp3) is 0.222. The standard InChI is InChI=1S/C18H20N2S/c1-12-7-9-14(10-8-12)18(13(2)19)21-17-11-15-5-3-4-6-16(15)20-17/h3-11,13,18,20H,19H2,1-2H3. The first kappa shape index (κ1) is 14.2. The maximum Gasteiger partial charge on any atom is 0.0739 e. The van der Waals surface area contributed by atoms with Gasteiger partial charge >= 0.3 is 0 Å². The third-order valence-corrected chi connectivity index (χ3v) is 5.07. The van der Waals surface area contributed by atoms with Gasteiger partial charge in [-0.3, -0.25) is 0 Å². The lowest BCUT2D eigenvalue weighted by molar-refractivity contribution is 0.720. The van der Waals surface area contributed by atoms with Crippen molar-refractivity contribution in [3.05, 3.63) is 65.7 Å². The average molecular weight is 296 g/mol. The van der Waals surface area contributed by atoms with Crippen LogP contribution in [0.4, 0.5) is 0 Å². The van der Waals surface area contributed by atoms with Gasteiger partial charge in [-0.05, 0) is 31.5 Å². The van der Waals surface area contributed by atoms with Crippen LogP contribution in [0.3, 0.4) is 0 Å². The Morgan fingerprint density at radius 1 is 1.05 bits per heavy atom. The van der Waals surface area contributed by atoms with E-state index >= 15 is 0 Å². The number of fused-ring (bicyclic) bond motifs is 1. The van der Waals surface area contributed by atoms with Gasteiger partial charge in [0.15, 0.2) is 0 Å². The zero-order valence-corrected chi connectivity index (χ0v) is 13.2. The molecule has 0 aliphatic heterocycles. The monoisotopic (exact) mass is 296 g/mol. The van der Waals surface area contributed by atoms with Crippen molar-refractivity contribution in [1.29, 1.82) is 0 Å². The number of aromatic amines is 1. The molecular weight excluding hydrogens is 276 g/mol. The summed E-state index contributed by atoms with van der Waals surface area (Å²) in [6.45, 7) is 4.18. The van der Waals surface area contributed by atoms with Crippen molar-refractivity contribution < 1.29 is 0 Å². The van der Waals surface area contributed by atoms with Crippen molar-refractivity contribution in [1.82, 2.24) is 4.98 Å². The lowest BCUT2D eigenvalue weighted by Gasteiger charge is -2.20. The first-order valence-electron chi connectivity index (χ1n) is 7.20. The number of rotatable bonds is 4. The fourth-order valence-corrected chi connectivity index (χ4v) is 3.63. The molecule has 1 aromatic heterocycles. The van der Waals surface area contributed by atoms with Crippen LogP contribution >= 0.6 is 11.8 Å². The molecule has 3 aromatic rings. The Labute approximate surface area is 129 Å². The Bertz CT molecular complexity index is 695. The summed E-state index contributed by atoms with van der Waals surface area (Å²) in [7, 11) is 0. The first-order chi connectivity index (χ1) is 10.1. The van der Waals surface area contributed by atoms with Gasteiger partial charge in [0.05, 0.1) is 10.3 Å². The van der Waals surface area contributed by atoms with Crippen LogP contribution in [0.1, 0.15) is 23.3 Å². The van der Waals surface area contributed by atoms with Gasteiger partial charge in [0.25, 0.3) is 0 Å². The van der Waals surface area contributed by atoms with Crippen LogP contribution in [0, 0.1) is 6.92 Å². The number of para-hydroxylation sites is 1. The summed E-state index contributed by atoms with van der Waals surface area (Å²) >= 11 is 1.80. The van der Waals surface area contributed by atoms with E-state index in [1.165, 1.54) is 27.1 Å². The Balaban J connectivity index is 1.89. The molecule has 1 heterocycles. The topological polar surface area (TPSA) is 41.8 Å². The molecule has 2 nitrogen and oxygen atoms in total. The molecule has 0 bridgehead atoms. The zero-order chi connectivity index (χ0) is 14.8. The molecule has 0 aliphatic carbocycles. The molecule has 2 aromatic carbocycles. The number of nitrogens with one attached hydrogen (secondary N) is 1. The first-order valence-corrected chi connectivity index (χ1v) is 8.08. The average Bonchev–Trinajstić information content (AvgIpc) is 2.88. The predicted molar refractivity (Wildman–Crippen MR) is 91.7 cm³/mol. The quantitative estimate of drug-likeness (QED) is 0.688. The molecule has 108 valence electrons. The normalized spacial score (nSPS) is 14.2. The third-order valence-electron chi connectivity index (χ3n) is 3.64. The van der Waals surface area contributed by atoms with E-state index in [0.29, 0.717) is 0 Å². The van der Waals surface area contributed by atoms with Gasteiger partial charge in [0, 0.05) is 16.9 Å². The Hall–Kier alpha value is -1.71. The number of hydrogen-bond donors (Lipinski definition) is 2. The van der Waals surface area contributed by atoms with Crippen molar-refractivity contribution in [2.24, 2.45) is 5.73 Å². The van der Waals surface area contributed by atoms with Gasteiger partial charge in [0.2, 0.25) is 0 Å². The van der Waals surface area contributed by atoms with Crippen LogP contribution in [0.25, 0.3) is 10.9 Å². The number of H-pyrrole nitrogens is 1. The number of nitrogens with two attached hydrogens (primary N) is 1. The maximum absolute atomic E-state index is 6.21. The number of hydrogen-bond acceptors (Lipinski definition) is 2. The van der Waals surface area contributed by atoms with Gasteiger partial charge in [-0.1, -0.05) is 59.8 Å². The second kappa shape index (κ2) is 5.96. The lowest BCUT2D eigenvalue weighted by atomic mass is 10.1. The van der Waals surface area contributed by atoms with Crippen molar-refractivity contribution in [2.75, 3.05) is 0 Å². The molecule has 3 heteroatoms. The molecule has 21 heavy (non-hydrogen) atoms. The summed E-state index contributed by atoms with van der Waals surface area (Å²) in [5, 5.41) is 2.66. The molecule has 0 spiro atoms. The van der Waals surface area contributed by atoms with Crippen LogP contribution in [0.15, 0.2) is 59.6 Å². The maximum atomic E-state index is 6.21. The van der Waals surface area contributed by atoms with Crippen LogP contribution in [-0.2, 0) is 0 Å². The largest absolute Gasteiger partial charge is 0.350 e. The molecule has 3 rings (SSSR count). The minimum absolute atomic E-state index is 0.0871. The molecular formula is C18H20N2S. The molecule has 0 aliphatic rings. The Morgan fingerprint density at radius 3 is 2.43 bits per heavy atom. The highest BCUT2D eigenvalue weighted by Crippen LogP contribution is 2.37. The summed E-state index contributed by atoms with van der Waals surface area (Å²) in [5.74, 6) is 0. The Morgan fingerprint density at radius 2 is 1.76 bits per heavy atom. The molecule has 0 fully saturated rings. The number of thioether (sulfide) groups is 1. The van der Waals surface area contributed by atoms with E-state index in [9.17, 15) is 0 Å². The minimum Gasteiger partial charge on any atom is -0.350 e. The summed E-state index contributed by atoms with van der Waals surface area (Å²) in [5.41, 5.74) is 9.94. The van der Waals surface area contributed by atoms with E-state index in [0.717, 1.165) is 0 Å². The van der Waals surface area contributed by atoms with Crippen molar-refractivity contribution in [2.45, 2.75) is 30.2 Å². The van der Waals surface area contributed by atoms with Gasteiger partial charge < -0.3 is 10.7 Å². The number of aryl methyl sites for hydroxylation is 1. The van der Waals surface area contributed by atoms with Crippen molar-refractivity contribution in [3.63, 3.8) is 0 Å². The van der Waals surface area contributed by atoms with Gasteiger partial charge in [-0.25, -0.2) is 0 Å². The number of aromatic nitrogens is 1. The molecule has 0 saturated carbocycles.